The number of carbonyl (C=O) groups excluding carboxylic acids is 3. The van der Waals surface area contributed by atoms with Gasteiger partial charge in [-0.25, -0.2) is 4.79 Å². The molecule has 0 bridgehead atoms. The van der Waals surface area contributed by atoms with Gasteiger partial charge in [-0.15, -0.1) is 0 Å². The van der Waals surface area contributed by atoms with Gasteiger partial charge in [-0.3, -0.25) is 14.5 Å². The smallest absolute Gasteiger partial charge is 0.374 e. The van der Waals surface area contributed by atoms with Crippen LogP contribution in [0.5, 0.6) is 0 Å². The summed E-state index contributed by atoms with van der Waals surface area (Å²) >= 11 is 0. The minimum atomic E-state index is -0.732. The standard InChI is InChI=1S/C19H14N2O5/c22-17-10-21(14-7-3-2-6-13(14)20-17)18(23)11-25-19(24)16-9-12-5-1-4-8-15(12)26-16/h1-9H,10-11H2,(H,20,22). The Balaban J connectivity index is 1.47. The molecule has 1 aliphatic heterocycles. The molecule has 7 heteroatoms. The molecule has 130 valence electrons. The first-order valence-corrected chi connectivity index (χ1v) is 7.97. The van der Waals surface area contributed by atoms with Gasteiger partial charge in [0.25, 0.3) is 5.91 Å². The molecule has 2 amide bonds. The number of fused-ring (bicyclic) bond motifs is 2. The summed E-state index contributed by atoms with van der Waals surface area (Å²) in [5.74, 6) is -1.50. The van der Waals surface area contributed by atoms with Crippen LogP contribution in [0.2, 0.25) is 0 Å². The van der Waals surface area contributed by atoms with Crippen molar-refractivity contribution < 1.29 is 23.5 Å². The summed E-state index contributed by atoms with van der Waals surface area (Å²) in [7, 11) is 0. The van der Waals surface area contributed by atoms with E-state index in [0.29, 0.717) is 17.0 Å². The second-order valence-corrected chi connectivity index (χ2v) is 5.77. The van der Waals surface area contributed by atoms with Crippen LogP contribution in [0.25, 0.3) is 11.0 Å². The summed E-state index contributed by atoms with van der Waals surface area (Å²) in [5.41, 5.74) is 1.67. The molecule has 0 saturated carbocycles. The van der Waals surface area contributed by atoms with Gasteiger partial charge in [0.2, 0.25) is 11.7 Å². The lowest BCUT2D eigenvalue weighted by atomic mass is 10.2. The fraction of sp³-hybridized carbons (Fsp3) is 0.105. The quantitative estimate of drug-likeness (QED) is 0.734. The lowest BCUT2D eigenvalue weighted by Gasteiger charge is -2.28. The summed E-state index contributed by atoms with van der Waals surface area (Å²) < 4.78 is 10.5. The van der Waals surface area contributed by atoms with Gasteiger partial charge in [-0.1, -0.05) is 30.3 Å². The number of nitrogens with zero attached hydrogens (tertiary/aromatic N) is 1. The number of hydrogen-bond donors (Lipinski definition) is 1. The number of anilines is 2. The number of para-hydroxylation sites is 3. The van der Waals surface area contributed by atoms with Crippen molar-refractivity contribution in [3.05, 3.63) is 60.4 Å². The second-order valence-electron chi connectivity index (χ2n) is 5.77. The largest absolute Gasteiger partial charge is 0.450 e. The van der Waals surface area contributed by atoms with Gasteiger partial charge < -0.3 is 14.5 Å². The molecule has 0 aliphatic carbocycles. The third-order valence-electron chi connectivity index (χ3n) is 4.03. The van der Waals surface area contributed by atoms with Crippen LogP contribution < -0.4 is 10.2 Å². The fourth-order valence-corrected chi connectivity index (χ4v) is 2.81. The van der Waals surface area contributed by atoms with E-state index in [1.165, 1.54) is 4.90 Å². The fourth-order valence-electron chi connectivity index (χ4n) is 2.81. The van der Waals surface area contributed by atoms with E-state index in [0.717, 1.165) is 5.39 Å². The maximum atomic E-state index is 12.5. The van der Waals surface area contributed by atoms with Crippen LogP contribution in [0.3, 0.4) is 0 Å². The molecule has 7 nitrogen and oxygen atoms in total. The van der Waals surface area contributed by atoms with E-state index >= 15 is 0 Å². The molecular weight excluding hydrogens is 336 g/mol. The summed E-state index contributed by atoms with van der Waals surface area (Å²) in [6.45, 7) is -0.616. The van der Waals surface area contributed by atoms with E-state index < -0.39 is 18.5 Å². The molecule has 0 atom stereocenters. The van der Waals surface area contributed by atoms with Crippen molar-refractivity contribution in [2.24, 2.45) is 0 Å². The molecule has 1 N–H and O–H groups in total. The molecular formula is C19H14N2O5. The zero-order valence-corrected chi connectivity index (χ0v) is 13.6. The van der Waals surface area contributed by atoms with Gasteiger partial charge in [0.1, 0.15) is 12.1 Å². The number of rotatable bonds is 3. The Hall–Kier alpha value is -3.61. The highest BCUT2D eigenvalue weighted by atomic mass is 16.5. The number of amides is 2. The minimum absolute atomic E-state index is 0.0239. The predicted molar refractivity (Wildman–Crippen MR) is 93.9 cm³/mol. The molecule has 2 heterocycles. The molecule has 2 aromatic carbocycles. The van der Waals surface area contributed by atoms with Crippen molar-refractivity contribution in [3.8, 4) is 0 Å². The zero-order chi connectivity index (χ0) is 18.1. The Morgan fingerprint density at radius 3 is 2.73 bits per heavy atom. The summed E-state index contributed by atoms with van der Waals surface area (Å²) in [6, 6.07) is 15.7. The molecule has 3 aromatic rings. The van der Waals surface area contributed by atoms with Crippen molar-refractivity contribution in [3.63, 3.8) is 0 Å². The number of esters is 1. The maximum absolute atomic E-state index is 12.5. The Labute approximate surface area is 148 Å². The Kier molecular flexibility index (Phi) is 3.89. The Morgan fingerprint density at radius 1 is 1.12 bits per heavy atom. The van der Waals surface area contributed by atoms with Crippen LogP contribution in [0, 0.1) is 0 Å². The lowest BCUT2D eigenvalue weighted by Crippen LogP contribution is -2.44. The highest BCUT2D eigenvalue weighted by Gasteiger charge is 2.27. The molecule has 0 radical (unpaired) electrons. The minimum Gasteiger partial charge on any atom is -0.450 e. The van der Waals surface area contributed by atoms with Gasteiger partial charge in [-0.05, 0) is 24.3 Å². The van der Waals surface area contributed by atoms with E-state index in [1.807, 2.05) is 12.1 Å². The molecule has 1 aromatic heterocycles. The SMILES string of the molecule is O=C1CN(C(=O)COC(=O)c2cc3ccccc3o2)c2ccccc2N1. The molecule has 1 aliphatic rings. The van der Waals surface area contributed by atoms with Gasteiger partial charge in [0.05, 0.1) is 11.4 Å². The first kappa shape index (κ1) is 15.9. The summed E-state index contributed by atoms with van der Waals surface area (Å²) in [5, 5.41) is 3.47. The van der Waals surface area contributed by atoms with Gasteiger partial charge in [0.15, 0.2) is 6.61 Å². The number of hydrogen-bond acceptors (Lipinski definition) is 5. The number of ether oxygens (including phenoxy) is 1. The van der Waals surface area contributed by atoms with Crippen LogP contribution in [0.4, 0.5) is 11.4 Å². The Bertz CT molecular complexity index is 990. The topological polar surface area (TPSA) is 88.8 Å². The zero-order valence-electron chi connectivity index (χ0n) is 13.6. The number of benzene rings is 2. The molecule has 4 rings (SSSR count). The first-order valence-electron chi connectivity index (χ1n) is 7.97. The van der Waals surface area contributed by atoms with Crippen molar-refractivity contribution in [2.75, 3.05) is 23.4 Å². The van der Waals surface area contributed by atoms with Crippen LogP contribution in [0.1, 0.15) is 10.6 Å². The Morgan fingerprint density at radius 2 is 1.88 bits per heavy atom. The van der Waals surface area contributed by atoms with E-state index in [4.69, 9.17) is 9.15 Å². The normalized spacial score (nSPS) is 13.2. The van der Waals surface area contributed by atoms with Gasteiger partial charge in [-0.2, -0.15) is 0 Å². The summed E-state index contributed by atoms with van der Waals surface area (Å²) in [4.78, 5) is 37.7. The predicted octanol–water partition coefficient (Wildman–Crippen LogP) is 2.57. The van der Waals surface area contributed by atoms with Crippen LogP contribution in [-0.4, -0.2) is 30.9 Å². The molecule has 26 heavy (non-hydrogen) atoms. The number of furan rings is 1. The first-order chi connectivity index (χ1) is 12.6. The van der Waals surface area contributed by atoms with E-state index in [2.05, 4.69) is 5.32 Å². The summed E-state index contributed by atoms with van der Waals surface area (Å²) in [6.07, 6.45) is 0. The number of nitrogens with one attached hydrogen (secondary N) is 1. The molecule has 0 fully saturated rings. The van der Waals surface area contributed by atoms with Crippen molar-refractivity contribution >= 4 is 40.1 Å². The maximum Gasteiger partial charge on any atom is 0.374 e. The molecule has 0 unspecified atom stereocenters. The lowest BCUT2D eigenvalue weighted by molar-refractivity contribution is -0.124. The van der Waals surface area contributed by atoms with E-state index in [-0.39, 0.29) is 18.2 Å². The van der Waals surface area contributed by atoms with Crippen LogP contribution >= 0.6 is 0 Å². The average Bonchev–Trinajstić information content (AvgIpc) is 3.09. The highest BCUT2D eigenvalue weighted by molar-refractivity contribution is 6.10. The van der Waals surface area contributed by atoms with Crippen molar-refractivity contribution in [2.45, 2.75) is 0 Å². The van der Waals surface area contributed by atoms with Gasteiger partial charge >= 0.3 is 5.97 Å². The monoisotopic (exact) mass is 350 g/mol. The van der Waals surface area contributed by atoms with Crippen LogP contribution in [-0.2, 0) is 14.3 Å². The van der Waals surface area contributed by atoms with E-state index in [1.54, 1.807) is 42.5 Å². The highest BCUT2D eigenvalue weighted by Crippen LogP contribution is 2.29. The van der Waals surface area contributed by atoms with Crippen molar-refractivity contribution in [1.29, 1.82) is 0 Å². The second kappa shape index (κ2) is 6.36. The molecule has 0 spiro atoms. The number of carbonyl (C=O) groups is 3. The third kappa shape index (κ3) is 2.90. The van der Waals surface area contributed by atoms with E-state index in [9.17, 15) is 14.4 Å². The van der Waals surface area contributed by atoms with Crippen molar-refractivity contribution in [1.82, 2.24) is 0 Å². The molecule has 0 saturated heterocycles. The third-order valence-corrected chi connectivity index (χ3v) is 4.03. The van der Waals surface area contributed by atoms with Gasteiger partial charge in [0, 0.05) is 5.39 Å². The van der Waals surface area contributed by atoms with Crippen LogP contribution in [0.15, 0.2) is 59.0 Å². The average molecular weight is 350 g/mol.